The number of aromatic nitrogens is 3. The van der Waals surface area contributed by atoms with Gasteiger partial charge in [-0.3, -0.25) is 9.47 Å². The summed E-state index contributed by atoms with van der Waals surface area (Å²) in [5.41, 5.74) is 2.39. The molecule has 4 rings (SSSR count). The fourth-order valence-electron chi connectivity index (χ4n) is 4.51. The molecule has 2 aromatic rings. The molecule has 1 saturated carbocycles. The van der Waals surface area contributed by atoms with Crippen molar-refractivity contribution in [2.24, 2.45) is 0 Å². The van der Waals surface area contributed by atoms with E-state index in [4.69, 9.17) is 21.1 Å². The zero-order valence-corrected chi connectivity index (χ0v) is 17.7. The van der Waals surface area contributed by atoms with Crippen LogP contribution in [0.4, 0.5) is 0 Å². The normalized spacial score (nSPS) is 23.7. The molecule has 2 aliphatic rings. The van der Waals surface area contributed by atoms with Gasteiger partial charge in [-0.25, -0.2) is 0 Å². The van der Waals surface area contributed by atoms with Crippen molar-refractivity contribution in [2.75, 3.05) is 20.8 Å². The molecule has 0 unspecified atom stereocenters. The molecule has 2 heterocycles. The lowest BCUT2D eigenvalue weighted by Crippen LogP contribution is -2.28. The summed E-state index contributed by atoms with van der Waals surface area (Å²) in [5, 5.41) is 9.94. The van der Waals surface area contributed by atoms with Crippen LogP contribution >= 0.6 is 11.6 Å². The van der Waals surface area contributed by atoms with E-state index in [-0.39, 0.29) is 6.10 Å². The van der Waals surface area contributed by atoms with Crippen LogP contribution in [0, 0.1) is 0 Å². The lowest BCUT2D eigenvalue weighted by molar-refractivity contribution is -0.0538. The summed E-state index contributed by atoms with van der Waals surface area (Å²) in [6.45, 7) is 4.36. The average molecular weight is 405 g/mol. The molecule has 152 valence electrons. The van der Waals surface area contributed by atoms with Crippen LogP contribution in [-0.4, -0.2) is 52.6 Å². The molecule has 7 heteroatoms. The number of hydrogen-bond donors (Lipinski definition) is 0. The molecule has 28 heavy (non-hydrogen) atoms. The molecule has 0 N–H and O–H groups in total. The van der Waals surface area contributed by atoms with E-state index < -0.39 is 0 Å². The predicted molar refractivity (Wildman–Crippen MR) is 109 cm³/mol. The molecule has 0 radical (unpaired) electrons. The zero-order valence-electron chi connectivity index (χ0n) is 16.9. The first-order valence-electron chi connectivity index (χ1n) is 10.1. The Labute approximate surface area is 171 Å². The van der Waals surface area contributed by atoms with Gasteiger partial charge in [0.1, 0.15) is 5.82 Å². The number of rotatable bonds is 5. The highest BCUT2D eigenvalue weighted by Gasteiger charge is 2.30. The summed E-state index contributed by atoms with van der Waals surface area (Å²) in [4.78, 5) is 2.26. The van der Waals surface area contributed by atoms with Crippen molar-refractivity contribution in [3.63, 3.8) is 0 Å². The van der Waals surface area contributed by atoms with E-state index in [2.05, 4.69) is 45.8 Å². The Morgan fingerprint density at radius 3 is 2.71 bits per heavy atom. The Morgan fingerprint density at radius 2 is 1.96 bits per heavy atom. The molecule has 0 bridgehead atoms. The quantitative estimate of drug-likeness (QED) is 0.755. The third-order valence-electron chi connectivity index (χ3n) is 5.75. The molecule has 1 atom stereocenters. The van der Waals surface area contributed by atoms with Gasteiger partial charge in [-0.15, -0.1) is 10.2 Å². The van der Waals surface area contributed by atoms with Crippen LogP contribution in [0.25, 0.3) is 5.69 Å². The lowest BCUT2D eigenvalue weighted by Gasteiger charge is -2.30. The molecular formula is C21H29ClN4O2. The maximum Gasteiger partial charge on any atom is 0.151 e. The summed E-state index contributed by atoms with van der Waals surface area (Å²) in [6, 6.07) is 6.13. The van der Waals surface area contributed by atoms with Gasteiger partial charge in [0, 0.05) is 24.6 Å². The van der Waals surface area contributed by atoms with Gasteiger partial charge in [-0.2, -0.15) is 0 Å². The van der Waals surface area contributed by atoms with Crippen molar-refractivity contribution in [1.29, 1.82) is 0 Å². The van der Waals surface area contributed by atoms with Crippen molar-refractivity contribution in [1.82, 2.24) is 19.7 Å². The van der Waals surface area contributed by atoms with E-state index in [0.29, 0.717) is 18.6 Å². The monoisotopic (exact) mass is 404 g/mol. The Morgan fingerprint density at radius 1 is 1.18 bits per heavy atom. The SMILES string of the molecule is COC[C@@H](C)OC1CCC(c2nnc3n2-c2ccc(Cl)cc2CN(C)C3)CC1. The first-order valence-corrected chi connectivity index (χ1v) is 10.5. The van der Waals surface area contributed by atoms with Crippen molar-refractivity contribution in [3.05, 3.63) is 40.4 Å². The van der Waals surface area contributed by atoms with E-state index in [0.717, 1.165) is 61.1 Å². The van der Waals surface area contributed by atoms with Gasteiger partial charge in [-0.1, -0.05) is 11.6 Å². The minimum absolute atomic E-state index is 0.142. The van der Waals surface area contributed by atoms with E-state index in [9.17, 15) is 0 Å². The molecule has 0 amide bonds. The lowest BCUT2D eigenvalue weighted by atomic mass is 9.86. The van der Waals surface area contributed by atoms with Gasteiger partial charge in [0.15, 0.2) is 5.82 Å². The molecule has 1 fully saturated rings. The molecular weight excluding hydrogens is 376 g/mol. The Bertz CT molecular complexity index is 817. The maximum absolute atomic E-state index is 6.27. The molecule has 1 aromatic carbocycles. The molecule has 1 aromatic heterocycles. The topological polar surface area (TPSA) is 52.4 Å². The summed E-state index contributed by atoms with van der Waals surface area (Å²) >= 11 is 6.27. The Kier molecular flexibility index (Phi) is 6.01. The van der Waals surface area contributed by atoms with Gasteiger partial charge >= 0.3 is 0 Å². The molecule has 6 nitrogen and oxygen atoms in total. The standard InChI is InChI=1S/C21H29ClN4O2/c1-14(13-27-3)28-18-7-4-15(5-8-18)21-24-23-20-12-25(2)11-16-10-17(22)6-9-19(16)26(20)21/h6,9-10,14-15,18H,4-5,7-8,11-13H2,1-3H3/t14-,15?,18?/m1/s1. The summed E-state index contributed by atoms with van der Waals surface area (Å²) < 4.78 is 13.6. The van der Waals surface area contributed by atoms with Crippen molar-refractivity contribution >= 4 is 11.6 Å². The summed E-state index contributed by atoms with van der Waals surface area (Å²) in [5.74, 6) is 2.49. The van der Waals surface area contributed by atoms with Crippen LogP contribution in [0.5, 0.6) is 0 Å². The van der Waals surface area contributed by atoms with Crippen LogP contribution in [0.3, 0.4) is 0 Å². The summed E-state index contributed by atoms with van der Waals surface area (Å²) in [6.07, 6.45) is 4.69. The van der Waals surface area contributed by atoms with E-state index in [1.54, 1.807) is 7.11 Å². The van der Waals surface area contributed by atoms with Crippen LogP contribution < -0.4 is 0 Å². The minimum Gasteiger partial charge on any atom is -0.382 e. The van der Waals surface area contributed by atoms with Crippen molar-refractivity contribution in [2.45, 2.75) is 63.8 Å². The Hall–Kier alpha value is -1.47. The van der Waals surface area contributed by atoms with Crippen LogP contribution in [0.2, 0.25) is 5.02 Å². The van der Waals surface area contributed by atoms with Gasteiger partial charge in [-0.05, 0) is 63.4 Å². The maximum atomic E-state index is 6.27. The van der Waals surface area contributed by atoms with Gasteiger partial charge < -0.3 is 9.47 Å². The molecule has 1 aliphatic carbocycles. The fourth-order valence-corrected chi connectivity index (χ4v) is 4.70. The van der Waals surface area contributed by atoms with E-state index in [1.165, 1.54) is 5.56 Å². The Balaban J connectivity index is 1.55. The van der Waals surface area contributed by atoms with E-state index >= 15 is 0 Å². The number of nitrogens with zero attached hydrogens (tertiary/aromatic N) is 4. The van der Waals surface area contributed by atoms with Crippen LogP contribution in [0.15, 0.2) is 18.2 Å². The molecule has 0 saturated heterocycles. The van der Waals surface area contributed by atoms with Crippen LogP contribution in [0.1, 0.15) is 55.7 Å². The average Bonchev–Trinajstić information content (AvgIpc) is 3.00. The first kappa shape index (κ1) is 19.8. The van der Waals surface area contributed by atoms with Gasteiger partial charge in [0.25, 0.3) is 0 Å². The molecule has 0 spiro atoms. The zero-order chi connectivity index (χ0) is 19.7. The second-order valence-corrected chi connectivity index (χ2v) is 8.57. The minimum atomic E-state index is 0.142. The number of hydrogen-bond acceptors (Lipinski definition) is 5. The highest BCUT2D eigenvalue weighted by molar-refractivity contribution is 6.30. The second kappa shape index (κ2) is 8.49. The van der Waals surface area contributed by atoms with Crippen molar-refractivity contribution in [3.8, 4) is 5.69 Å². The van der Waals surface area contributed by atoms with Gasteiger partial charge in [0.05, 0.1) is 31.0 Å². The van der Waals surface area contributed by atoms with Crippen LogP contribution in [-0.2, 0) is 22.6 Å². The fraction of sp³-hybridized carbons (Fsp3) is 0.619. The number of benzene rings is 1. The number of ether oxygens (including phenoxy) is 2. The first-order chi connectivity index (χ1) is 13.5. The largest absolute Gasteiger partial charge is 0.382 e. The smallest absolute Gasteiger partial charge is 0.151 e. The number of fused-ring (bicyclic) bond motifs is 3. The van der Waals surface area contributed by atoms with Crippen molar-refractivity contribution < 1.29 is 9.47 Å². The predicted octanol–water partition coefficient (Wildman–Crippen LogP) is 3.94. The highest BCUT2D eigenvalue weighted by atomic mass is 35.5. The van der Waals surface area contributed by atoms with Gasteiger partial charge in [0.2, 0.25) is 0 Å². The third-order valence-corrected chi connectivity index (χ3v) is 5.99. The van der Waals surface area contributed by atoms with E-state index in [1.807, 2.05) is 6.07 Å². The number of methoxy groups -OCH3 is 1. The third kappa shape index (κ3) is 4.10. The second-order valence-electron chi connectivity index (χ2n) is 8.13. The highest BCUT2D eigenvalue weighted by Crippen LogP contribution is 2.36. The number of halogens is 1. The summed E-state index contributed by atoms with van der Waals surface area (Å²) in [7, 11) is 3.83. The molecule has 1 aliphatic heterocycles.